The van der Waals surface area contributed by atoms with Crippen molar-refractivity contribution in [2.24, 2.45) is 5.92 Å². The van der Waals surface area contributed by atoms with Gasteiger partial charge in [0.2, 0.25) is 0 Å². The van der Waals surface area contributed by atoms with E-state index in [0.717, 1.165) is 12.5 Å². The molecule has 0 aliphatic carbocycles. The first-order chi connectivity index (χ1) is 8.97. The van der Waals surface area contributed by atoms with Crippen LogP contribution in [0.1, 0.15) is 42.0 Å². The lowest BCUT2D eigenvalue weighted by atomic mass is 9.93. The van der Waals surface area contributed by atoms with Crippen LogP contribution < -0.4 is 0 Å². The van der Waals surface area contributed by atoms with E-state index in [9.17, 15) is 0 Å². The highest BCUT2D eigenvalue weighted by molar-refractivity contribution is 9.09. The molecule has 1 heterocycles. The van der Waals surface area contributed by atoms with Gasteiger partial charge in [0.05, 0.1) is 0 Å². The maximum absolute atomic E-state index is 3.74. The highest BCUT2D eigenvalue weighted by atomic mass is 79.9. The van der Waals surface area contributed by atoms with Gasteiger partial charge in [-0.25, -0.2) is 0 Å². The summed E-state index contributed by atoms with van der Waals surface area (Å²) < 4.78 is 0. The lowest BCUT2D eigenvalue weighted by Gasteiger charge is -2.34. The van der Waals surface area contributed by atoms with Crippen LogP contribution in [-0.2, 0) is 6.54 Å². The zero-order chi connectivity index (χ0) is 14.0. The van der Waals surface area contributed by atoms with Gasteiger partial charge in [0, 0.05) is 11.4 Å². The van der Waals surface area contributed by atoms with E-state index in [1.165, 1.54) is 48.2 Å². The molecular formula is C17H26BrN. The predicted molar refractivity (Wildman–Crippen MR) is 87.0 cm³/mol. The van der Waals surface area contributed by atoms with Gasteiger partial charge in [-0.05, 0) is 69.3 Å². The van der Waals surface area contributed by atoms with Gasteiger partial charge in [0.15, 0.2) is 0 Å². The second-order valence-electron chi connectivity index (χ2n) is 6.17. The summed E-state index contributed by atoms with van der Waals surface area (Å²) in [6, 6.07) is 4.63. The first-order valence-corrected chi connectivity index (χ1v) is 8.32. The molecule has 0 amide bonds. The van der Waals surface area contributed by atoms with Crippen molar-refractivity contribution >= 4 is 15.9 Å². The minimum absolute atomic E-state index is 0.664. The van der Waals surface area contributed by atoms with Crippen LogP contribution >= 0.6 is 15.9 Å². The molecule has 0 spiro atoms. The predicted octanol–water partition coefficient (Wildman–Crippen LogP) is 4.61. The van der Waals surface area contributed by atoms with Crippen molar-refractivity contribution in [3.8, 4) is 0 Å². The third-order valence-corrected chi connectivity index (χ3v) is 5.25. The molecule has 2 rings (SSSR count). The first kappa shape index (κ1) is 15.1. The summed E-state index contributed by atoms with van der Waals surface area (Å²) in [6.07, 6.45) is 2.66. The summed E-state index contributed by atoms with van der Waals surface area (Å²) in [5.74, 6) is 0.858. The average Bonchev–Trinajstić information content (AvgIpc) is 2.34. The Balaban J connectivity index is 2.00. The Kier molecular flexibility index (Phi) is 5.08. The van der Waals surface area contributed by atoms with Crippen LogP contribution in [0, 0.1) is 26.7 Å². The van der Waals surface area contributed by atoms with Gasteiger partial charge < -0.3 is 0 Å². The number of benzene rings is 1. The third-order valence-electron chi connectivity index (χ3n) is 4.50. The van der Waals surface area contributed by atoms with Gasteiger partial charge in [0.1, 0.15) is 0 Å². The number of hydrogen-bond acceptors (Lipinski definition) is 1. The quantitative estimate of drug-likeness (QED) is 0.734. The van der Waals surface area contributed by atoms with Crippen LogP contribution in [0.15, 0.2) is 12.1 Å². The van der Waals surface area contributed by atoms with Crippen LogP contribution in [0.2, 0.25) is 0 Å². The van der Waals surface area contributed by atoms with Gasteiger partial charge in [-0.1, -0.05) is 40.5 Å². The monoisotopic (exact) mass is 323 g/mol. The number of alkyl halides is 1. The molecule has 0 bridgehead atoms. The Morgan fingerprint density at radius 1 is 1.16 bits per heavy atom. The van der Waals surface area contributed by atoms with Crippen molar-refractivity contribution < 1.29 is 0 Å². The van der Waals surface area contributed by atoms with Crippen LogP contribution in [0.25, 0.3) is 0 Å². The van der Waals surface area contributed by atoms with Gasteiger partial charge in [0.25, 0.3) is 0 Å². The second-order valence-corrected chi connectivity index (χ2v) is 7.61. The normalized spacial score (nSPS) is 19.6. The van der Waals surface area contributed by atoms with Crippen molar-refractivity contribution in [1.29, 1.82) is 0 Å². The molecule has 0 aromatic heterocycles. The van der Waals surface area contributed by atoms with E-state index in [-0.39, 0.29) is 0 Å². The Bertz CT molecular complexity index is 408. The molecule has 1 nitrogen and oxygen atoms in total. The first-order valence-electron chi connectivity index (χ1n) is 7.40. The zero-order valence-electron chi connectivity index (χ0n) is 12.7. The van der Waals surface area contributed by atoms with Crippen LogP contribution in [0.3, 0.4) is 0 Å². The topological polar surface area (TPSA) is 3.24 Å². The molecule has 0 N–H and O–H groups in total. The highest BCUT2D eigenvalue weighted by Crippen LogP contribution is 2.27. The van der Waals surface area contributed by atoms with E-state index in [0.29, 0.717) is 4.83 Å². The Morgan fingerprint density at radius 2 is 1.68 bits per heavy atom. The van der Waals surface area contributed by atoms with Crippen molar-refractivity contribution in [2.45, 2.75) is 51.9 Å². The fraction of sp³-hybridized carbons (Fsp3) is 0.647. The summed E-state index contributed by atoms with van der Waals surface area (Å²) in [6.45, 7) is 12.6. The third kappa shape index (κ3) is 3.82. The summed E-state index contributed by atoms with van der Waals surface area (Å²) in [7, 11) is 0. The number of aryl methyl sites for hydroxylation is 3. The largest absolute Gasteiger partial charge is 0.299 e. The minimum Gasteiger partial charge on any atom is -0.299 e. The molecule has 1 aliphatic rings. The lowest BCUT2D eigenvalue weighted by Crippen LogP contribution is -2.35. The SMILES string of the molecule is Cc1cc(C)c(CN2CCC(C(C)Br)CC2)c(C)c1. The summed E-state index contributed by atoms with van der Waals surface area (Å²) >= 11 is 3.74. The van der Waals surface area contributed by atoms with Crippen molar-refractivity contribution in [1.82, 2.24) is 4.90 Å². The van der Waals surface area contributed by atoms with Crippen molar-refractivity contribution in [3.63, 3.8) is 0 Å². The molecule has 1 atom stereocenters. The van der Waals surface area contributed by atoms with E-state index < -0.39 is 0 Å². The molecule has 106 valence electrons. The summed E-state index contributed by atoms with van der Waals surface area (Å²) in [5.41, 5.74) is 5.82. The molecule has 0 radical (unpaired) electrons. The fourth-order valence-corrected chi connectivity index (χ4v) is 3.78. The lowest BCUT2D eigenvalue weighted by molar-refractivity contribution is 0.178. The summed E-state index contributed by atoms with van der Waals surface area (Å²) in [5, 5.41) is 0. The number of rotatable bonds is 3. The van der Waals surface area contributed by atoms with Crippen LogP contribution in [0.5, 0.6) is 0 Å². The smallest absolute Gasteiger partial charge is 0.0238 e. The molecular weight excluding hydrogens is 298 g/mol. The van der Waals surface area contributed by atoms with Gasteiger partial charge >= 0.3 is 0 Å². The second kappa shape index (κ2) is 6.41. The minimum atomic E-state index is 0.664. The maximum Gasteiger partial charge on any atom is 0.0238 e. The molecule has 2 heteroatoms. The Morgan fingerprint density at radius 3 is 2.16 bits per heavy atom. The van der Waals surface area contributed by atoms with Gasteiger partial charge in [-0.2, -0.15) is 0 Å². The number of halogens is 1. The van der Waals surface area contributed by atoms with E-state index in [1.807, 2.05) is 0 Å². The van der Waals surface area contributed by atoms with E-state index in [4.69, 9.17) is 0 Å². The highest BCUT2D eigenvalue weighted by Gasteiger charge is 2.22. The van der Waals surface area contributed by atoms with E-state index in [1.54, 1.807) is 0 Å². The number of hydrogen-bond donors (Lipinski definition) is 0. The van der Waals surface area contributed by atoms with Gasteiger partial charge in [-0.15, -0.1) is 0 Å². The number of likely N-dealkylation sites (tertiary alicyclic amines) is 1. The molecule has 1 unspecified atom stereocenters. The molecule has 19 heavy (non-hydrogen) atoms. The molecule has 1 fully saturated rings. The maximum atomic E-state index is 3.74. The zero-order valence-corrected chi connectivity index (χ0v) is 14.3. The van der Waals surface area contributed by atoms with E-state index >= 15 is 0 Å². The molecule has 1 aliphatic heterocycles. The molecule has 0 saturated carbocycles. The van der Waals surface area contributed by atoms with Crippen molar-refractivity contribution in [3.05, 3.63) is 34.4 Å². The Hall–Kier alpha value is -0.340. The number of nitrogens with zero attached hydrogens (tertiary/aromatic N) is 1. The fourth-order valence-electron chi connectivity index (χ4n) is 3.25. The van der Waals surface area contributed by atoms with Crippen LogP contribution in [0.4, 0.5) is 0 Å². The van der Waals surface area contributed by atoms with Crippen molar-refractivity contribution in [2.75, 3.05) is 13.1 Å². The molecule has 1 saturated heterocycles. The molecule has 1 aromatic rings. The Labute approximate surface area is 126 Å². The van der Waals surface area contributed by atoms with Gasteiger partial charge in [-0.3, -0.25) is 4.90 Å². The van der Waals surface area contributed by atoms with Crippen LogP contribution in [-0.4, -0.2) is 22.8 Å². The molecule has 1 aromatic carbocycles. The average molecular weight is 324 g/mol. The number of piperidine rings is 1. The standard InChI is InChI=1S/C17H26BrN/c1-12-9-13(2)17(14(3)10-12)11-19-7-5-16(6-8-19)15(4)18/h9-10,15-16H,5-8,11H2,1-4H3. The van der Waals surface area contributed by atoms with E-state index in [2.05, 4.69) is 60.7 Å². The summed E-state index contributed by atoms with van der Waals surface area (Å²) in [4.78, 5) is 3.29.